The Labute approximate surface area is 139 Å². The zero-order valence-electron chi connectivity index (χ0n) is 12.7. The Bertz CT molecular complexity index is 631. The fourth-order valence-corrected chi connectivity index (χ4v) is 2.14. The van der Waals surface area contributed by atoms with E-state index in [2.05, 4.69) is 10.6 Å². The molecule has 2 aromatic rings. The second-order valence-corrected chi connectivity index (χ2v) is 5.22. The first kappa shape index (κ1) is 17.2. The highest BCUT2D eigenvalue weighted by atomic mass is 35.5. The van der Waals surface area contributed by atoms with E-state index in [1.165, 1.54) is 6.26 Å². The van der Waals surface area contributed by atoms with Gasteiger partial charge in [-0.1, -0.05) is 17.7 Å². The standard InChI is InChI=1S/C16H19ClN2O4/c1-2-22-15-8-12(17)6-5-11(15)9-18-16(21)19-10-13(20)14-4-3-7-23-14/h3-8,13,20H,2,9-10H2,1H3,(H2,18,19,21). The maximum Gasteiger partial charge on any atom is 0.315 e. The van der Waals surface area contributed by atoms with Gasteiger partial charge in [-0.15, -0.1) is 0 Å². The third-order valence-corrected chi connectivity index (χ3v) is 3.33. The van der Waals surface area contributed by atoms with Crippen LogP contribution in [0.3, 0.4) is 0 Å². The summed E-state index contributed by atoms with van der Waals surface area (Å²) in [5.74, 6) is 1.04. The molecular formula is C16H19ClN2O4. The zero-order valence-corrected chi connectivity index (χ0v) is 13.5. The molecule has 0 aliphatic carbocycles. The van der Waals surface area contributed by atoms with Crippen molar-refractivity contribution in [3.63, 3.8) is 0 Å². The highest BCUT2D eigenvalue weighted by molar-refractivity contribution is 6.30. The molecule has 1 unspecified atom stereocenters. The molecule has 1 aromatic heterocycles. The van der Waals surface area contributed by atoms with E-state index < -0.39 is 12.1 Å². The number of ether oxygens (including phenoxy) is 1. The summed E-state index contributed by atoms with van der Waals surface area (Å²) < 4.78 is 10.5. The Morgan fingerprint density at radius 1 is 1.39 bits per heavy atom. The molecule has 1 atom stereocenters. The van der Waals surface area contributed by atoms with Crippen LogP contribution in [0.1, 0.15) is 24.4 Å². The number of carbonyl (C=O) groups is 1. The molecular weight excluding hydrogens is 320 g/mol. The molecule has 0 saturated heterocycles. The molecule has 0 radical (unpaired) electrons. The SMILES string of the molecule is CCOc1cc(Cl)ccc1CNC(=O)NCC(O)c1ccco1. The van der Waals surface area contributed by atoms with E-state index in [9.17, 15) is 9.90 Å². The van der Waals surface area contributed by atoms with Gasteiger partial charge in [0, 0.05) is 17.1 Å². The molecule has 0 bridgehead atoms. The predicted molar refractivity (Wildman–Crippen MR) is 86.5 cm³/mol. The van der Waals surface area contributed by atoms with Crippen molar-refractivity contribution >= 4 is 17.6 Å². The van der Waals surface area contributed by atoms with Crippen LogP contribution in [0, 0.1) is 0 Å². The van der Waals surface area contributed by atoms with Crippen molar-refractivity contribution in [1.82, 2.24) is 10.6 Å². The zero-order chi connectivity index (χ0) is 16.7. The minimum atomic E-state index is -0.884. The Morgan fingerprint density at radius 3 is 2.91 bits per heavy atom. The van der Waals surface area contributed by atoms with Crippen molar-refractivity contribution < 1.29 is 19.1 Å². The fraction of sp³-hybridized carbons (Fsp3) is 0.312. The number of aliphatic hydroxyl groups is 1. The largest absolute Gasteiger partial charge is 0.493 e. The van der Waals surface area contributed by atoms with E-state index in [1.54, 1.807) is 30.3 Å². The number of halogens is 1. The monoisotopic (exact) mass is 338 g/mol. The van der Waals surface area contributed by atoms with E-state index in [-0.39, 0.29) is 13.1 Å². The van der Waals surface area contributed by atoms with Crippen LogP contribution >= 0.6 is 11.6 Å². The minimum Gasteiger partial charge on any atom is -0.493 e. The average Bonchev–Trinajstić information content (AvgIpc) is 3.06. The van der Waals surface area contributed by atoms with Crippen LogP contribution in [0.25, 0.3) is 0 Å². The van der Waals surface area contributed by atoms with Gasteiger partial charge in [-0.3, -0.25) is 0 Å². The summed E-state index contributed by atoms with van der Waals surface area (Å²) in [7, 11) is 0. The third kappa shape index (κ3) is 5.19. The van der Waals surface area contributed by atoms with Gasteiger partial charge in [0.2, 0.25) is 0 Å². The smallest absolute Gasteiger partial charge is 0.315 e. The first-order chi connectivity index (χ1) is 11.1. The molecule has 6 nitrogen and oxygen atoms in total. The average molecular weight is 339 g/mol. The Morgan fingerprint density at radius 2 is 2.22 bits per heavy atom. The third-order valence-electron chi connectivity index (χ3n) is 3.10. The van der Waals surface area contributed by atoms with Crippen molar-refractivity contribution in [2.75, 3.05) is 13.2 Å². The summed E-state index contributed by atoms with van der Waals surface area (Å²) in [5.41, 5.74) is 0.818. The van der Waals surface area contributed by atoms with E-state index in [0.717, 1.165) is 5.56 Å². The maximum absolute atomic E-state index is 11.8. The lowest BCUT2D eigenvalue weighted by molar-refractivity contribution is 0.148. The minimum absolute atomic E-state index is 0.0539. The van der Waals surface area contributed by atoms with Gasteiger partial charge in [-0.25, -0.2) is 4.79 Å². The Hall–Kier alpha value is -2.18. The van der Waals surface area contributed by atoms with Crippen LogP contribution in [0.2, 0.25) is 5.02 Å². The number of furan rings is 1. The van der Waals surface area contributed by atoms with Gasteiger partial charge >= 0.3 is 6.03 Å². The summed E-state index contributed by atoms with van der Waals surface area (Å²) >= 11 is 5.93. The quantitative estimate of drug-likeness (QED) is 0.725. The van der Waals surface area contributed by atoms with Gasteiger partial charge in [0.05, 0.1) is 19.4 Å². The van der Waals surface area contributed by atoms with Crippen LogP contribution in [-0.2, 0) is 6.54 Å². The van der Waals surface area contributed by atoms with Crippen LogP contribution in [0.4, 0.5) is 4.79 Å². The molecule has 0 spiro atoms. The molecule has 7 heteroatoms. The maximum atomic E-state index is 11.8. The second-order valence-electron chi connectivity index (χ2n) is 4.78. The van der Waals surface area contributed by atoms with Crippen molar-refractivity contribution in [2.45, 2.75) is 19.6 Å². The molecule has 0 fully saturated rings. The van der Waals surface area contributed by atoms with Crippen molar-refractivity contribution in [3.05, 3.63) is 52.9 Å². The molecule has 1 heterocycles. The lowest BCUT2D eigenvalue weighted by Crippen LogP contribution is -2.37. The van der Waals surface area contributed by atoms with Crippen molar-refractivity contribution in [1.29, 1.82) is 0 Å². The Balaban J connectivity index is 1.82. The van der Waals surface area contributed by atoms with Crippen LogP contribution in [0.5, 0.6) is 5.75 Å². The topological polar surface area (TPSA) is 83.7 Å². The number of carbonyl (C=O) groups excluding carboxylic acids is 1. The molecule has 0 aliphatic rings. The predicted octanol–water partition coefficient (Wildman–Crippen LogP) is 2.86. The number of benzene rings is 1. The molecule has 23 heavy (non-hydrogen) atoms. The first-order valence-corrected chi connectivity index (χ1v) is 7.62. The highest BCUT2D eigenvalue weighted by Gasteiger charge is 2.12. The number of urea groups is 1. The number of hydrogen-bond acceptors (Lipinski definition) is 4. The molecule has 124 valence electrons. The Kier molecular flexibility index (Phi) is 6.31. The fourth-order valence-electron chi connectivity index (χ4n) is 1.97. The van der Waals surface area contributed by atoms with Gasteiger partial charge < -0.3 is 24.9 Å². The molecule has 2 rings (SSSR count). The summed E-state index contributed by atoms with van der Waals surface area (Å²) in [5, 5.41) is 15.7. The van der Waals surface area contributed by atoms with Gasteiger partial charge in [0.1, 0.15) is 17.6 Å². The van der Waals surface area contributed by atoms with Crippen LogP contribution < -0.4 is 15.4 Å². The van der Waals surface area contributed by atoms with Crippen molar-refractivity contribution in [3.8, 4) is 5.75 Å². The summed E-state index contributed by atoms with van der Waals surface area (Å²) in [6.07, 6.45) is 0.583. The number of amides is 2. The summed E-state index contributed by atoms with van der Waals surface area (Å²) in [6.45, 7) is 2.73. The number of nitrogens with one attached hydrogen (secondary N) is 2. The van der Waals surface area contributed by atoms with Crippen molar-refractivity contribution in [2.24, 2.45) is 0 Å². The number of hydrogen-bond donors (Lipinski definition) is 3. The van der Waals surface area contributed by atoms with Gasteiger partial charge in [0.25, 0.3) is 0 Å². The van der Waals surface area contributed by atoms with Crippen LogP contribution in [0.15, 0.2) is 41.0 Å². The first-order valence-electron chi connectivity index (χ1n) is 7.24. The van der Waals surface area contributed by atoms with Gasteiger partial charge in [-0.2, -0.15) is 0 Å². The molecule has 2 amide bonds. The summed E-state index contributed by atoms with van der Waals surface area (Å²) in [6, 6.07) is 8.17. The van der Waals surface area contributed by atoms with E-state index in [0.29, 0.717) is 23.1 Å². The lowest BCUT2D eigenvalue weighted by atomic mass is 10.2. The molecule has 3 N–H and O–H groups in total. The van der Waals surface area contributed by atoms with Gasteiger partial charge in [-0.05, 0) is 31.2 Å². The molecule has 1 aromatic carbocycles. The van der Waals surface area contributed by atoms with Gasteiger partial charge in [0.15, 0.2) is 0 Å². The highest BCUT2D eigenvalue weighted by Crippen LogP contribution is 2.23. The summed E-state index contributed by atoms with van der Waals surface area (Å²) in [4.78, 5) is 11.8. The van der Waals surface area contributed by atoms with E-state index >= 15 is 0 Å². The normalized spacial score (nSPS) is 11.8. The molecule has 0 aliphatic heterocycles. The second kappa shape index (κ2) is 8.45. The number of rotatable bonds is 7. The van der Waals surface area contributed by atoms with E-state index in [4.69, 9.17) is 20.8 Å². The molecule has 0 saturated carbocycles. The lowest BCUT2D eigenvalue weighted by Gasteiger charge is -2.13. The van der Waals surface area contributed by atoms with Crippen LogP contribution in [-0.4, -0.2) is 24.3 Å². The van der Waals surface area contributed by atoms with E-state index in [1.807, 2.05) is 6.92 Å². The number of aliphatic hydroxyl groups excluding tert-OH is 1.